The lowest BCUT2D eigenvalue weighted by atomic mass is 10.0. The summed E-state index contributed by atoms with van der Waals surface area (Å²) in [6, 6.07) is 10.5. The molecule has 1 aliphatic rings. The Bertz CT molecular complexity index is 1140. The van der Waals surface area contributed by atoms with E-state index in [0.717, 1.165) is 68.0 Å². The van der Waals surface area contributed by atoms with Crippen molar-refractivity contribution in [3.63, 3.8) is 0 Å². The van der Waals surface area contributed by atoms with Gasteiger partial charge in [-0.1, -0.05) is 0 Å². The van der Waals surface area contributed by atoms with Crippen molar-refractivity contribution in [2.75, 3.05) is 37.6 Å². The maximum absolute atomic E-state index is 13.6. The molecule has 1 N–H and O–H groups in total. The van der Waals surface area contributed by atoms with Crippen LogP contribution in [0.5, 0.6) is 0 Å². The summed E-state index contributed by atoms with van der Waals surface area (Å²) in [5, 5.41) is 10.1. The van der Waals surface area contributed by atoms with E-state index in [0.29, 0.717) is 10.9 Å². The summed E-state index contributed by atoms with van der Waals surface area (Å²) in [5.41, 5.74) is 2.02. The molecule has 0 radical (unpaired) electrons. The van der Waals surface area contributed by atoms with Crippen LogP contribution in [0.3, 0.4) is 0 Å². The van der Waals surface area contributed by atoms with Gasteiger partial charge in [0.2, 0.25) is 0 Å². The van der Waals surface area contributed by atoms with Crippen LogP contribution >= 0.6 is 0 Å². The lowest BCUT2D eigenvalue weighted by Gasteiger charge is -2.35. The largest absolute Gasteiger partial charge is 0.354 e. The summed E-state index contributed by atoms with van der Waals surface area (Å²) < 4.78 is 13.6. The number of fused-ring (bicyclic) bond motifs is 1. The molecule has 0 unspecified atom stereocenters. The molecular formula is C23H24FN5O. The summed E-state index contributed by atoms with van der Waals surface area (Å²) in [7, 11) is 0. The minimum Gasteiger partial charge on any atom is -0.354 e. The monoisotopic (exact) mass is 405 g/mol. The van der Waals surface area contributed by atoms with Crippen LogP contribution in [0, 0.1) is 24.1 Å². The molecule has 0 spiro atoms. The fourth-order valence-corrected chi connectivity index (χ4v) is 4.02. The molecule has 0 atom stereocenters. The number of anilines is 1. The fraction of sp³-hybridized carbons (Fsp3) is 0.348. The number of H-pyrrole nitrogens is 1. The SMILES string of the molecule is Cc1cc(F)cc2c(=O)[nH]c(CCCN3CCN(c4ccc(C#N)cn4)CC3)cc12. The van der Waals surface area contributed by atoms with E-state index in [1.165, 1.54) is 12.1 Å². The van der Waals surface area contributed by atoms with E-state index in [4.69, 9.17) is 5.26 Å². The Balaban J connectivity index is 1.31. The van der Waals surface area contributed by atoms with E-state index in [1.54, 1.807) is 12.3 Å². The number of pyridine rings is 2. The number of hydrogen-bond acceptors (Lipinski definition) is 5. The van der Waals surface area contributed by atoms with Crippen LogP contribution in [0.1, 0.15) is 23.2 Å². The number of aromatic amines is 1. The fourth-order valence-electron chi connectivity index (χ4n) is 4.02. The van der Waals surface area contributed by atoms with Crippen LogP contribution < -0.4 is 10.5 Å². The second kappa shape index (κ2) is 8.64. The number of nitriles is 1. The van der Waals surface area contributed by atoms with Crippen LogP contribution in [-0.4, -0.2) is 47.6 Å². The zero-order valence-corrected chi connectivity index (χ0v) is 17.0. The predicted molar refractivity (Wildman–Crippen MR) is 115 cm³/mol. The van der Waals surface area contributed by atoms with Gasteiger partial charge in [-0.2, -0.15) is 5.26 Å². The van der Waals surface area contributed by atoms with E-state index < -0.39 is 0 Å². The van der Waals surface area contributed by atoms with Crippen LogP contribution in [-0.2, 0) is 6.42 Å². The number of piperazine rings is 1. The molecule has 0 amide bonds. The van der Waals surface area contributed by atoms with Gasteiger partial charge in [0.1, 0.15) is 17.7 Å². The van der Waals surface area contributed by atoms with Gasteiger partial charge in [-0.3, -0.25) is 9.69 Å². The number of aryl methyl sites for hydroxylation is 2. The molecule has 1 aliphatic heterocycles. The van der Waals surface area contributed by atoms with Gasteiger partial charge in [0, 0.05) is 38.1 Å². The van der Waals surface area contributed by atoms with Crippen LogP contribution in [0.15, 0.2) is 41.3 Å². The molecule has 3 heterocycles. The third-order valence-corrected chi connectivity index (χ3v) is 5.68. The Morgan fingerprint density at radius 1 is 1.17 bits per heavy atom. The van der Waals surface area contributed by atoms with Crippen molar-refractivity contribution >= 4 is 16.6 Å². The third-order valence-electron chi connectivity index (χ3n) is 5.68. The predicted octanol–water partition coefficient (Wildman–Crippen LogP) is 3.00. The molecule has 7 heteroatoms. The average molecular weight is 405 g/mol. The molecule has 0 bridgehead atoms. The van der Waals surface area contributed by atoms with Crippen molar-refractivity contribution in [1.29, 1.82) is 5.26 Å². The van der Waals surface area contributed by atoms with Crippen molar-refractivity contribution < 1.29 is 4.39 Å². The van der Waals surface area contributed by atoms with Crippen LogP contribution in [0.4, 0.5) is 10.2 Å². The minimum atomic E-state index is -0.381. The van der Waals surface area contributed by atoms with Gasteiger partial charge >= 0.3 is 0 Å². The lowest BCUT2D eigenvalue weighted by molar-refractivity contribution is 0.254. The average Bonchev–Trinajstić information content (AvgIpc) is 2.75. The smallest absolute Gasteiger partial charge is 0.256 e. The van der Waals surface area contributed by atoms with Gasteiger partial charge in [-0.25, -0.2) is 9.37 Å². The van der Waals surface area contributed by atoms with Gasteiger partial charge < -0.3 is 9.88 Å². The molecule has 4 rings (SSSR count). The number of halogens is 1. The van der Waals surface area contributed by atoms with Crippen molar-refractivity contribution in [2.24, 2.45) is 0 Å². The molecule has 1 fully saturated rings. The molecule has 2 aromatic heterocycles. The lowest BCUT2D eigenvalue weighted by Crippen LogP contribution is -2.47. The Morgan fingerprint density at radius 2 is 1.97 bits per heavy atom. The summed E-state index contributed by atoms with van der Waals surface area (Å²) in [5.74, 6) is 0.530. The second-order valence-corrected chi connectivity index (χ2v) is 7.76. The summed E-state index contributed by atoms with van der Waals surface area (Å²) in [6.07, 6.45) is 3.33. The molecule has 3 aromatic rings. The molecule has 6 nitrogen and oxygen atoms in total. The van der Waals surface area contributed by atoms with E-state index in [2.05, 4.69) is 25.8 Å². The Labute approximate surface area is 174 Å². The highest BCUT2D eigenvalue weighted by atomic mass is 19.1. The highest BCUT2D eigenvalue weighted by molar-refractivity contribution is 5.85. The summed E-state index contributed by atoms with van der Waals surface area (Å²) in [4.78, 5) is 24.2. The molecule has 30 heavy (non-hydrogen) atoms. The third kappa shape index (κ3) is 4.34. The molecular weight excluding hydrogens is 381 g/mol. The van der Waals surface area contributed by atoms with Gasteiger partial charge in [-0.15, -0.1) is 0 Å². The molecule has 1 aromatic carbocycles. The molecule has 1 saturated heterocycles. The first-order valence-electron chi connectivity index (χ1n) is 10.2. The van der Waals surface area contributed by atoms with E-state index in [9.17, 15) is 9.18 Å². The number of rotatable bonds is 5. The topological polar surface area (TPSA) is 76.0 Å². The maximum atomic E-state index is 13.6. The number of aromatic nitrogens is 2. The first-order chi connectivity index (χ1) is 14.5. The van der Waals surface area contributed by atoms with Crippen LogP contribution in [0.25, 0.3) is 10.8 Å². The van der Waals surface area contributed by atoms with Gasteiger partial charge in [0.05, 0.1) is 10.9 Å². The Kier molecular flexibility index (Phi) is 5.77. The molecule has 0 aliphatic carbocycles. The normalized spacial score (nSPS) is 14.8. The second-order valence-electron chi connectivity index (χ2n) is 7.76. The minimum absolute atomic E-state index is 0.228. The molecule has 0 saturated carbocycles. The maximum Gasteiger partial charge on any atom is 0.256 e. The first kappa shape index (κ1) is 20.0. The number of hydrogen-bond donors (Lipinski definition) is 1. The highest BCUT2D eigenvalue weighted by Gasteiger charge is 2.17. The van der Waals surface area contributed by atoms with Gasteiger partial charge in [0.25, 0.3) is 5.56 Å². The van der Waals surface area contributed by atoms with E-state index in [1.807, 2.05) is 19.1 Å². The Hall–Kier alpha value is -3.24. The zero-order valence-electron chi connectivity index (χ0n) is 17.0. The standard InChI is InChI=1S/C23H24FN5O/c1-16-11-18(24)12-21-20(16)13-19(27-23(21)30)3-2-6-28-7-9-29(10-8-28)22-5-4-17(14-25)15-26-22/h4-5,11-13,15H,2-3,6-10H2,1H3,(H,27,30). The van der Waals surface area contributed by atoms with Gasteiger partial charge in [-0.05, 0) is 67.6 Å². The summed E-state index contributed by atoms with van der Waals surface area (Å²) >= 11 is 0. The first-order valence-corrected chi connectivity index (χ1v) is 10.2. The van der Waals surface area contributed by atoms with Crippen molar-refractivity contribution in [2.45, 2.75) is 19.8 Å². The zero-order chi connectivity index (χ0) is 21.1. The van der Waals surface area contributed by atoms with Crippen LogP contribution in [0.2, 0.25) is 0 Å². The number of nitrogens with one attached hydrogen (secondary N) is 1. The number of benzene rings is 1. The number of nitrogens with zero attached hydrogens (tertiary/aromatic N) is 4. The van der Waals surface area contributed by atoms with E-state index in [-0.39, 0.29) is 11.4 Å². The quantitative estimate of drug-likeness (QED) is 0.706. The van der Waals surface area contributed by atoms with Crippen molar-refractivity contribution in [3.8, 4) is 6.07 Å². The van der Waals surface area contributed by atoms with Gasteiger partial charge in [0.15, 0.2) is 0 Å². The van der Waals surface area contributed by atoms with Crippen molar-refractivity contribution in [1.82, 2.24) is 14.9 Å². The highest BCUT2D eigenvalue weighted by Crippen LogP contribution is 2.19. The Morgan fingerprint density at radius 3 is 2.67 bits per heavy atom. The van der Waals surface area contributed by atoms with Crippen molar-refractivity contribution in [3.05, 3.63) is 69.5 Å². The van der Waals surface area contributed by atoms with E-state index >= 15 is 0 Å². The molecule has 154 valence electrons. The summed E-state index contributed by atoms with van der Waals surface area (Å²) in [6.45, 7) is 6.49.